The highest BCUT2D eigenvalue weighted by Crippen LogP contribution is 2.24. The molecule has 0 radical (unpaired) electrons. The minimum absolute atomic E-state index is 0.235. The second kappa shape index (κ2) is 5.93. The molecule has 6 nitrogen and oxygen atoms in total. The lowest BCUT2D eigenvalue weighted by Gasteiger charge is -2.13. The number of nitrogens with zero attached hydrogens (tertiary/aromatic N) is 3. The highest BCUT2D eigenvalue weighted by atomic mass is 79.9. The lowest BCUT2D eigenvalue weighted by molar-refractivity contribution is 0.0928. The fraction of sp³-hybridized carbons (Fsp3) is 0.429. The second-order valence-corrected chi connectivity index (χ2v) is 6.01. The van der Waals surface area contributed by atoms with Crippen LogP contribution in [0.1, 0.15) is 53.4 Å². The van der Waals surface area contributed by atoms with Gasteiger partial charge in [-0.3, -0.25) is 4.79 Å². The molecule has 0 saturated carbocycles. The van der Waals surface area contributed by atoms with Crippen LogP contribution in [0.15, 0.2) is 21.4 Å². The van der Waals surface area contributed by atoms with E-state index in [1.54, 1.807) is 12.4 Å². The van der Waals surface area contributed by atoms with E-state index in [0.717, 1.165) is 41.5 Å². The lowest BCUT2D eigenvalue weighted by Crippen LogP contribution is -2.29. The zero-order valence-electron chi connectivity index (χ0n) is 11.6. The van der Waals surface area contributed by atoms with E-state index in [-0.39, 0.29) is 11.9 Å². The molecule has 0 aliphatic heterocycles. The molecule has 2 heterocycles. The molecular formula is C14H15BrN4O2. The number of carbonyl (C=O) groups excluding carboxylic acids is 1. The van der Waals surface area contributed by atoms with Gasteiger partial charge >= 0.3 is 0 Å². The van der Waals surface area contributed by atoms with Gasteiger partial charge in [0.05, 0.1) is 10.5 Å². The van der Waals surface area contributed by atoms with Crippen molar-refractivity contribution < 1.29 is 9.32 Å². The molecule has 0 aromatic carbocycles. The number of aryl methyl sites for hydroxylation is 1. The van der Waals surface area contributed by atoms with Crippen LogP contribution >= 0.6 is 15.9 Å². The van der Waals surface area contributed by atoms with Crippen LogP contribution < -0.4 is 5.32 Å². The van der Waals surface area contributed by atoms with Crippen molar-refractivity contribution >= 4 is 21.8 Å². The predicted octanol–water partition coefficient (Wildman–Crippen LogP) is 2.60. The van der Waals surface area contributed by atoms with Crippen LogP contribution in [0.4, 0.5) is 0 Å². The SMILES string of the molecule is CC(NC(=O)c1noc2c1CCCC2)c1ncc(Br)cn1. The molecule has 1 aliphatic carbocycles. The van der Waals surface area contributed by atoms with Gasteiger partial charge in [-0.25, -0.2) is 9.97 Å². The largest absolute Gasteiger partial charge is 0.360 e. The van der Waals surface area contributed by atoms with Gasteiger partial charge in [0.1, 0.15) is 11.6 Å². The highest BCUT2D eigenvalue weighted by Gasteiger charge is 2.25. The number of aromatic nitrogens is 3. The topological polar surface area (TPSA) is 80.9 Å². The Hall–Kier alpha value is -1.76. The first-order valence-electron chi connectivity index (χ1n) is 6.91. The maximum atomic E-state index is 12.3. The number of halogens is 1. The number of carbonyl (C=O) groups is 1. The van der Waals surface area contributed by atoms with Gasteiger partial charge in [0.15, 0.2) is 5.69 Å². The fourth-order valence-corrected chi connectivity index (χ4v) is 2.64. The Morgan fingerprint density at radius 2 is 2.05 bits per heavy atom. The number of rotatable bonds is 3. The van der Waals surface area contributed by atoms with Gasteiger partial charge in [-0.05, 0) is 42.1 Å². The van der Waals surface area contributed by atoms with Crippen molar-refractivity contribution in [1.29, 1.82) is 0 Å². The summed E-state index contributed by atoms with van der Waals surface area (Å²) in [4.78, 5) is 20.7. The molecule has 0 spiro atoms. The minimum Gasteiger partial charge on any atom is -0.360 e. The Bertz CT molecular complexity index is 653. The number of hydrogen-bond acceptors (Lipinski definition) is 5. The Kier molecular flexibility index (Phi) is 4.01. The van der Waals surface area contributed by atoms with Gasteiger partial charge in [-0.15, -0.1) is 0 Å². The van der Waals surface area contributed by atoms with Crippen LogP contribution in [0.3, 0.4) is 0 Å². The lowest BCUT2D eigenvalue weighted by atomic mass is 9.96. The normalized spacial score (nSPS) is 15.3. The van der Waals surface area contributed by atoms with Crippen LogP contribution in [-0.4, -0.2) is 21.0 Å². The molecule has 0 bridgehead atoms. The Morgan fingerprint density at radius 3 is 2.81 bits per heavy atom. The zero-order chi connectivity index (χ0) is 14.8. The average molecular weight is 351 g/mol. The molecule has 0 fully saturated rings. The number of amides is 1. The monoisotopic (exact) mass is 350 g/mol. The molecule has 1 aliphatic rings. The number of nitrogens with one attached hydrogen (secondary N) is 1. The molecular weight excluding hydrogens is 336 g/mol. The van der Waals surface area contributed by atoms with Gasteiger partial charge in [-0.2, -0.15) is 0 Å². The van der Waals surface area contributed by atoms with E-state index in [9.17, 15) is 4.79 Å². The Balaban J connectivity index is 1.74. The summed E-state index contributed by atoms with van der Waals surface area (Å²) >= 11 is 3.28. The van der Waals surface area contributed by atoms with Crippen LogP contribution in [0, 0.1) is 0 Å². The van der Waals surface area contributed by atoms with Crippen molar-refractivity contribution in [2.75, 3.05) is 0 Å². The van der Waals surface area contributed by atoms with Gasteiger partial charge in [0.2, 0.25) is 0 Å². The van der Waals surface area contributed by atoms with Crippen molar-refractivity contribution in [1.82, 2.24) is 20.4 Å². The standard InChI is InChI=1S/C14H15BrN4O2/c1-8(13-16-6-9(15)7-17-13)18-14(20)12-10-4-2-3-5-11(10)21-19-12/h6-8H,2-5H2,1H3,(H,18,20). The maximum Gasteiger partial charge on any atom is 0.274 e. The summed E-state index contributed by atoms with van der Waals surface area (Å²) in [5.41, 5.74) is 1.34. The Morgan fingerprint density at radius 1 is 1.33 bits per heavy atom. The van der Waals surface area contributed by atoms with E-state index in [1.165, 1.54) is 0 Å². The third-order valence-electron chi connectivity index (χ3n) is 3.54. The quantitative estimate of drug-likeness (QED) is 0.919. The van der Waals surface area contributed by atoms with E-state index < -0.39 is 0 Å². The van der Waals surface area contributed by atoms with Crippen molar-refractivity contribution in [2.45, 2.75) is 38.6 Å². The smallest absolute Gasteiger partial charge is 0.274 e. The molecule has 1 amide bonds. The number of fused-ring (bicyclic) bond motifs is 1. The molecule has 1 atom stereocenters. The van der Waals surface area contributed by atoms with Gasteiger partial charge in [0, 0.05) is 24.4 Å². The first-order chi connectivity index (χ1) is 10.1. The molecule has 21 heavy (non-hydrogen) atoms. The van der Waals surface area contributed by atoms with Crippen LogP contribution in [0.5, 0.6) is 0 Å². The van der Waals surface area contributed by atoms with Crippen molar-refractivity contribution in [3.05, 3.63) is 39.7 Å². The van der Waals surface area contributed by atoms with E-state index in [4.69, 9.17) is 4.52 Å². The first kappa shape index (κ1) is 14.2. The zero-order valence-corrected chi connectivity index (χ0v) is 13.2. The van der Waals surface area contributed by atoms with Crippen LogP contribution in [0.2, 0.25) is 0 Å². The molecule has 1 N–H and O–H groups in total. The summed E-state index contributed by atoms with van der Waals surface area (Å²) in [7, 11) is 0. The van der Waals surface area contributed by atoms with E-state index in [0.29, 0.717) is 11.5 Å². The van der Waals surface area contributed by atoms with Gasteiger partial charge in [0.25, 0.3) is 5.91 Å². The highest BCUT2D eigenvalue weighted by molar-refractivity contribution is 9.10. The summed E-state index contributed by atoms with van der Waals surface area (Å²) < 4.78 is 6.06. The summed E-state index contributed by atoms with van der Waals surface area (Å²) in [5, 5.41) is 6.79. The Labute approximate surface area is 130 Å². The second-order valence-electron chi connectivity index (χ2n) is 5.09. The maximum absolute atomic E-state index is 12.3. The van der Waals surface area contributed by atoms with Crippen molar-refractivity contribution in [2.24, 2.45) is 0 Å². The summed E-state index contributed by atoms with van der Waals surface area (Å²) in [6, 6.07) is -0.290. The molecule has 2 aromatic heterocycles. The molecule has 3 rings (SSSR count). The fourth-order valence-electron chi connectivity index (χ4n) is 2.44. The van der Waals surface area contributed by atoms with E-state index >= 15 is 0 Å². The van der Waals surface area contributed by atoms with Crippen LogP contribution in [0.25, 0.3) is 0 Å². The molecule has 7 heteroatoms. The van der Waals surface area contributed by atoms with Crippen LogP contribution in [-0.2, 0) is 12.8 Å². The third kappa shape index (κ3) is 2.97. The first-order valence-corrected chi connectivity index (χ1v) is 7.70. The minimum atomic E-state index is -0.290. The summed E-state index contributed by atoms with van der Waals surface area (Å²) in [5.74, 6) is 1.17. The molecule has 2 aromatic rings. The average Bonchev–Trinajstić information content (AvgIpc) is 2.92. The predicted molar refractivity (Wildman–Crippen MR) is 78.8 cm³/mol. The third-order valence-corrected chi connectivity index (χ3v) is 3.95. The van der Waals surface area contributed by atoms with Crippen molar-refractivity contribution in [3.63, 3.8) is 0 Å². The number of hydrogen-bond donors (Lipinski definition) is 1. The van der Waals surface area contributed by atoms with E-state index in [2.05, 4.69) is 36.4 Å². The molecule has 110 valence electrons. The molecule has 1 unspecified atom stereocenters. The van der Waals surface area contributed by atoms with Gasteiger partial charge < -0.3 is 9.84 Å². The van der Waals surface area contributed by atoms with Crippen molar-refractivity contribution in [3.8, 4) is 0 Å². The molecule has 0 saturated heterocycles. The van der Waals surface area contributed by atoms with E-state index in [1.807, 2.05) is 6.92 Å². The summed E-state index contributed by atoms with van der Waals surface area (Å²) in [6.07, 6.45) is 7.18. The summed E-state index contributed by atoms with van der Waals surface area (Å²) in [6.45, 7) is 1.84. The van der Waals surface area contributed by atoms with Gasteiger partial charge in [-0.1, -0.05) is 5.16 Å².